The van der Waals surface area contributed by atoms with Crippen LogP contribution in [-0.2, 0) is 12.7 Å². The van der Waals surface area contributed by atoms with Crippen molar-refractivity contribution in [1.82, 2.24) is 14.9 Å². The maximum Gasteiger partial charge on any atom is 0.416 e. The monoisotopic (exact) mass is 392 g/mol. The smallest absolute Gasteiger partial charge is 0.323 e. The van der Waals surface area contributed by atoms with Crippen molar-refractivity contribution in [1.29, 1.82) is 0 Å². The highest BCUT2D eigenvalue weighted by molar-refractivity contribution is 6.30. The van der Waals surface area contributed by atoms with E-state index in [0.717, 1.165) is 12.1 Å². The van der Waals surface area contributed by atoms with Gasteiger partial charge in [-0.05, 0) is 30.3 Å². The van der Waals surface area contributed by atoms with Gasteiger partial charge in [-0.15, -0.1) is 0 Å². The summed E-state index contributed by atoms with van der Waals surface area (Å²) in [6.45, 7) is 0.265. The molecule has 0 aliphatic carbocycles. The third-order valence-corrected chi connectivity index (χ3v) is 4.52. The minimum absolute atomic E-state index is 0.0944. The lowest BCUT2D eigenvalue weighted by atomic mass is 10.1. The number of carbonyl (C=O) groups excluding carboxylic acids is 1. The van der Waals surface area contributed by atoms with Gasteiger partial charge in [-0.25, -0.2) is 9.78 Å². The molecule has 9 heteroatoms. The Morgan fingerprint density at radius 3 is 2.70 bits per heavy atom. The van der Waals surface area contributed by atoms with Crippen molar-refractivity contribution in [2.75, 3.05) is 11.9 Å². The van der Waals surface area contributed by atoms with Crippen LogP contribution in [-0.4, -0.2) is 27.9 Å². The van der Waals surface area contributed by atoms with E-state index in [0.29, 0.717) is 22.3 Å². The topological polar surface area (TPSA) is 49.3 Å². The van der Waals surface area contributed by atoms with Crippen LogP contribution in [0.2, 0.25) is 5.15 Å². The lowest BCUT2D eigenvalue weighted by Crippen LogP contribution is -2.42. The maximum atomic E-state index is 13.2. The van der Waals surface area contributed by atoms with E-state index in [2.05, 4.69) is 9.97 Å². The normalized spacial score (nSPS) is 14.6. The number of amides is 2. The van der Waals surface area contributed by atoms with Crippen molar-refractivity contribution >= 4 is 40.0 Å². The number of halogens is 4. The van der Waals surface area contributed by atoms with Crippen molar-refractivity contribution < 1.29 is 18.0 Å². The second kappa shape index (κ2) is 6.09. The number of alkyl halides is 3. The summed E-state index contributed by atoms with van der Waals surface area (Å²) < 4.78 is 39.5. The molecule has 0 unspecified atom stereocenters. The maximum absolute atomic E-state index is 13.2. The number of pyridine rings is 2. The van der Waals surface area contributed by atoms with Gasteiger partial charge in [0, 0.05) is 18.8 Å². The molecule has 4 rings (SSSR count). The molecule has 5 nitrogen and oxygen atoms in total. The van der Waals surface area contributed by atoms with Crippen LogP contribution in [0.4, 0.5) is 29.3 Å². The van der Waals surface area contributed by atoms with Crippen LogP contribution in [0.5, 0.6) is 0 Å². The lowest BCUT2D eigenvalue weighted by molar-refractivity contribution is -0.137. The van der Waals surface area contributed by atoms with Crippen LogP contribution < -0.4 is 4.90 Å². The van der Waals surface area contributed by atoms with E-state index in [4.69, 9.17) is 11.6 Å². The summed E-state index contributed by atoms with van der Waals surface area (Å²) in [5, 5.41) is 0.202. The van der Waals surface area contributed by atoms with Crippen molar-refractivity contribution in [2.24, 2.45) is 0 Å². The molecule has 0 fully saturated rings. The fourth-order valence-corrected chi connectivity index (χ4v) is 3.23. The van der Waals surface area contributed by atoms with Crippen molar-refractivity contribution in [3.63, 3.8) is 0 Å². The lowest BCUT2D eigenvalue weighted by Gasteiger charge is -2.35. The van der Waals surface area contributed by atoms with Gasteiger partial charge in [0.2, 0.25) is 0 Å². The van der Waals surface area contributed by atoms with Gasteiger partial charge in [-0.1, -0.05) is 17.7 Å². The summed E-state index contributed by atoms with van der Waals surface area (Å²) in [4.78, 5) is 24.1. The second-order valence-electron chi connectivity index (χ2n) is 6.16. The number of aromatic nitrogens is 2. The first-order valence-electron chi connectivity index (χ1n) is 7.92. The van der Waals surface area contributed by atoms with Gasteiger partial charge in [-0.3, -0.25) is 9.88 Å². The molecular weight excluding hydrogens is 381 g/mol. The fraction of sp³-hybridized carbons (Fsp3) is 0.167. The SMILES string of the molecule is CN1Cc2cnc3ccc(Cl)nc3c2N(c2cccc(C(F)(F)F)c2)C1=O. The summed E-state index contributed by atoms with van der Waals surface area (Å²) in [5.41, 5.74) is 1.16. The zero-order valence-corrected chi connectivity index (χ0v) is 14.7. The molecule has 1 aliphatic heterocycles. The summed E-state index contributed by atoms with van der Waals surface area (Å²) in [7, 11) is 1.57. The van der Waals surface area contributed by atoms with Crippen LogP contribution in [0.3, 0.4) is 0 Å². The zero-order chi connectivity index (χ0) is 19.3. The number of rotatable bonds is 1. The molecule has 27 heavy (non-hydrogen) atoms. The zero-order valence-electron chi connectivity index (χ0n) is 14.0. The molecule has 3 heterocycles. The standard InChI is InChI=1S/C18H12ClF3N4O/c1-25-9-10-8-23-13-5-6-14(19)24-15(13)16(10)26(17(25)27)12-4-2-3-11(7-12)18(20,21)22/h2-8H,9H2,1H3. The molecule has 0 radical (unpaired) electrons. The molecule has 0 spiro atoms. The average molecular weight is 393 g/mol. The summed E-state index contributed by atoms with van der Waals surface area (Å²) in [5.74, 6) is 0. The first-order valence-corrected chi connectivity index (χ1v) is 8.30. The van der Waals surface area contributed by atoms with Gasteiger partial charge in [0.1, 0.15) is 10.7 Å². The second-order valence-corrected chi connectivity index (χ2v) is 6.54. The molecule has 1 aromatic carbocycles. The first kappa shape index (κ1) is 17.5. The van der Waals surface area contributed by atoms with E-state index >= 15 is 0 Å². The predicted octanol–water partition coefficient (Wildman–Crippen LogP) is 5.01. The van der Waals surface area contributed by atoms with Gasteiger partial charge in [0.15, 0.2) is 0 Å². The Morgan fingerprint density at radius 1 is 1.19 bits per heavy atom. The van der Waals surface area contributed by atoms with E-state index in [1.165, 1.54) is 21.9 Å². The van der Waals surface area contributed by atoms with Gasteiger partial charge in [0.25, 0.3) is 0 Å². The van der Waals surface area contributed by atoms with Gasteiger partial charge in [0.05, 0.1) is 29.0 Å². The van der Waals surface area contributed by atoms with Crippen LogP contribution in [0.15, 0.2) is 42.6 Å². The highest BCUT2D eigenvalue weighted by atomic mass is 35.5. The molecule has 0 N–H and O–H groups in total. The van der Waals surface area contributed by atoms with E-state index in [9.17, 15) is 18.0 Å². The van der Waals surface area contributed by atoms with Gasteiger partial charge >= 0.3 is 12.2 Å². The number of anilines is 2. The minimum Gasteiger partial charge on any atom is -0.323 e. The number of carbonyl (C=O) groups is 1. The molecule has 0 saturated heterocycles. The Bertz CT molecular complexity index is 1070. The fourth-order valence-electron chi connectivity index (χ4n) is 3.08. The van der Waals surface area contributed by atoms with E-state index < -0.39 is 17.8 Å². The minimum atomic E-state index is -4.52. The molecule has 2 aromatic heterocycles. The summed E-state index contributed by atoms with van der Waals surface area (Å²) in [6.07, 6.45) is -2.93. The Morgan fingerprint density at radius 2 is 1.96 bits per heavy atom. The van der Waals surface area contributed by atoms with Crippen LogP contribution >= 0.6 is 11.6 Å². The molecule has 0 saturated carbocycles. The Kier molecular flexibility index (Phi) is 3.96. The van der Waals surface area contributed by atoms with Crippen molar-refractivity contribution in [2.45, 2.75) is 12.7 Å². The van der Waals surface area contributed by atoms with E-state index in [1.807, 2.05) is 0 Å². The van der Waals surface area contributed by atoms with Gasteiger partial charge in [-0.2, -0.15) is 13.2 Å². The van der Waals surface area contributed by atoms with Gasteiger partial charge < -0.3 is 4.90 Å². The first-order chi connectivity index (χ1) is 12.8. The third kappa shape index (κ3) is 2.95. The van der Waals surface area contributed by atoms with Crippen LogP contribution in [0.25, 0.3) is 11.0 Å². The molecule has 3 aromatic rings. The summed E-state index contributed by atoms with van der Waals surface area (Å²) >= 11 is 6.00. The largest absolute Gasteiger partial charge is 0.416 e. The van der Waals surface area contributed by atoms with Crippen molar-refractivity contribution in [3.05, 3.63) is 58.9 Å². The number of fused-ring (bicyclic) bond motifs is 3. The number of nitrogens with zero attached hydrogens (tertiary/aromatic N) is 4. The average Bonchev–Trinajstić information content (AvgIpc) is 2.62. The number of benzene rings is 1. The number of hydrogen-bond acceptors (Lipinski definition) is 3. The molecule has 2 amide bonds. The molecule has 1 aliphatic rings. The molecule has 0 atom stereocenters. The molecule has 138 valence electrons. The molecule has 0 bridgehead atoms. The third-order valence-electron chi connectivity index (χ3n) is 4.31. The van der Waals surface area contributed by atoms with Crippen molar-refractivity contribution in [3.8, 4) is 0 Å². The van der Waals surface area contributed by atoms with Crippen LogP contribution in [0, 0.1) is 0 Å². The highest BCUT2D eigenvalue weighted by Gasteiger charge is 2.35. The Balaban J connectivity index is 1.99. The van der Waals surface area contributed by atoms with Crippen LogP contribution in [0.1, 0.15) is 11.1 Å². The Hall–Kier alpha value is -2.87. The summed E-state index contributed by atoms with van der Waals surface area (Å²) in [6, 6.07) is 7.37. The quantitative estimate of drug-likeness (QED) is 0.547. The Labute approximate surface area is 157 Å². The molecular formula is C18H12ClF3N4O. The highest BCUT2D eigenvalue weighted by Crippen LogP contribution is 2.40. The number of hydrogen-bond donors (Lipinski definition) is 0. The number of urea groups is 1. The predicted molar refractivity (Wildman–Crippen MR) is 95.0 cm³/mol. The van der Waals surface area contributed by atoms with E-state index in [-0.39, 0.29) is 17.4 Å². The van der Waals surface area contributed by atoms with E-state index in [1.54, 1.807) is 25.4 Å².